The number of amides is 1. The fourth-order valence-electron chi connectivity index (χ4n) is 3.80. The van der Waals surface area contributed by atoms with Crippen LogP contribution in [-0.2, 0) is 9.53 Å². The predicted molar refractivity (Wildman–Crippen MR) is 97.0 cm³/mol. The molecule has 0 aromatic carbocycles. The van der Waals surface area contributed by atoms with Crippen LogP contribution in [0.1, 0.15) is 26.7 Å². The van der Waals surface area contributed by atoms with Crippen LogP contribution in [0, 0.1) is 28.6 Å². The van der Waals surface area contributed by atoms with Gasteiger partial charge in [-0.1, -0.05) is 13.8 Å². The lowest BCUT2D eigenvalue weighted by Crippen LogP contribution is -2.50. The second-order valence-electron chi connectivity index (χ2n) is 7.47. The van der Waals surface area contributed by atoms with Crippen LogP contribution in [0.15, 0.2) is 12.3 Å². The number of carbonyl (C=O) groups is 1. The molecule has 1 aromatic rings. The summed E-state index contributed by atoms with van der Waals surface area (Å²) in [6.45, 7) is 6.62. The molecule has 2 aliphatic heterocycles. The van der Waals surface area contributed by atoms with Crippen molar-refractivity contribution in [1.29, 1.82) is 5.26 Å². The number of ether oxygens (including phenoxy) is 1. The van der Waals surface area contributed by atoms with Gasteiger partial charge in [-0.3, -0.25) is 4.79 Å². The summed E-state index contributed by atoms with van der Waals surface area (Å²) in [5.41, 5.74) is 4.72. The summed E-state index contributed by atoms with van der Waals surface area (Å²) in [4.78, 5) is 23.3. The molecule has 1 aromatic heterocycles. The Morgan fingerprint density at radius 1 is 1.46 bits per heavy atom. The lowest BCUT2D eigenvalue weighted by Gasteiger charge is -2.32. The Kier molecular flexibility index (Phi) is 5.28. The quantitative estimate of drug-likeness (QED) is 0.823. The fraction of sp³-hybridized carbons (Fsp3) is 0.667. The number of nitrogens with one attached hydrogen (secondary N) is 1. The standard InChI is InChI=1S/C18H26N6O2/c1-12(2)13-9-24(15-3-6-21-17(20)23-15)10-14(13)22-16(25)18(11-19)4-7-26-8-5-18/h3,6,12-14H,4-5,7-10H2,1-2H3,(H,22,25)(H2,20,21,23)/t13-,14+/m0/s1. The monoisotopic (exact) mass is 358 g/mol. The Labute approximate surface area is 153 Å². The maximum atomic E-state index is 12.9. The Hall–Kier alpha value is -2.40. The number of rotatable bonds is 4. The average molecular weight is 358 g/mol. The molecule has 0 spiro atoms. The van der Waals surface area contributed by atoms with Gasteiger partial charge in [-0.15, -0.1) is 0 Å². The van der Waals surface area contributed by atoms with Gasteiger partial charge in [0, 0.05) is 38.4 Å². The zero-order valence-electron chi connectivity index (χ0n) is 15.3. The second-order valence-corrected chi connectivity index (χ2v) is 7.47. The Balaban J connectivity index is 1.75. The summed E-state index contributed by atoms with van der Waals surface area (Å²) >= 11 is 0. The van der Waals surface area contributed by atoms with E-state index >= 15 is 0 Å². The van der Waals surface area contributed by atoms with Gasteiger partial charge >= 0.3 is 0 Å². The molecule has 2 atom stereocenters. The van der Waals surface area contributed by atoms with E-state index in [9.17, 15) is 10.1 Å². The minimum absolute atomic E-state index is 0.0354. The van der Waals surface area contributed by atoms with Crippen molar-refractivity contribution in [2.75, 3.05) is 36.9 Å². The minimum Gasteiger partial charge on any atom is -0.381 e. The van der Waals surface area contributed by atoms with Crippen molar-refractivity contribution in [1.82, 2.24) is 15.3 Å². The third-order valence-electron chi connectivity index (χ3n) is 5.52. The van der Waals surface area contributed by atoms with Crippen LogP contribution in [-0.4, -0.2) is 48.2 Å². The number of anilines is 2. The van der Waals surface area contributed by atoms with Gasteiger partial charge in [0.05, 0.1) is 12.1 Å². The van der Waals surface area contributed by atoms with Gasteiger partial charge in [-0.2, -0.15) is 10.2 Å². The summed E-state index contributed by atoms with van der Waals surface area (Å²) in [7, 11) is 0. The summed E-state index contributed by atoms with van der Waals surface area (Å²) in [5.74, 6) is 1.48. The molecular weight excluding hydrogens is 332 g/mol. The molecule has 0 aliphatic carbocycles. The highest BCUT2D eigenvalue weighted by Crippen LogP contribution is 2.32. The highest BCUT2D eigenvalue weighted by Gasteiger charge is 2.44. The number of nitrogens with two attached hydrogens (primary N) is 1. The first-order valence-corrected chi connectivity index (χ1v) is 9.08. The molecule has 2 fully saturated rings. The molecule has 8 heteroatoms. The first kappa shape index (κ1) is 18.4. The van der Waals surface area contributed by atoms with Gasteiger partial charge in [0.1, 0.15) is 11.2 Å². The van der Waals surface area contributed by atoms with Crippen LogP contribution in [0.5, 0.6) is 0 Å². The summed E-state index contributed by atoms with van der Waals surface area (Å²) in [6, 6.07) is 4.03. The van der Waals surface area contributed by atoms with Crippen LogP contribution < -0.4 is 16.0 Å². The van der Waals surface area contributed by atoms with Crippen molar-refractivity contribution in [2.45, 2.75) is 32.7 Å². The smallest absolute Gasteiger partial charge is 0.240 e. The zero-order chi connectivity index (χ0) is 18.7. The molecule has 2 saturated heterocycles. The van der Waals surface area contributed by atoms with E-state index in [4.69, 9.17) is 10.5 Å². The van der Waals surface area contributed by atoms with E-state index < -0.39 is 5.41 Å². The first-order valence-electron chi connectivity index (χ1n) is 9.08. The van der Waals surface area contributed by atoms with Gasteiger partial charge in [0.15, 0.2) is 0 Å². The van der Waals surface area contributed by atoms with Crippen LogP contribution >= 0.6 is 0 Å². The molecule has 140 valence electrons. The highest BCUT2D eigenvalue weighted by molar-refractivity contribution is 5.86. The Morgan fingerprint density at radius 3 is 2.81 bits per heavy atom. The summed E-state index contributed by atoms with van der Waals surface area (Å²) < 4.78 is 5.33. The fourth-order valence-corrected chi connectivity index (χ4v) is 3.80. The maximum absolute atomic E-state index is 12.9. The Morgan fingerprint density at radius 2 is 2.19 bits per heavy atom. The largest absolute Gasteiger partial charge is 0.381 e. The molecule has 0 radical (unpaired) electrons. The topological polar surface area (TPSA) is 117 Å². The summed E-state index contributed by atoms with van der Waals surface area (Å²) in [5, 5.41) is 12.8. The molecule has 1 amide bonds. The van der Waals surface area contributed by atoms with E-state index in [2.05, 4.69) is 40.1 Å². The number of carbonyl (C=O) groups excluding carboxylic acids is 1. The number of hydrogen-bond acceptors (Lipinski definition) is 7. The van der Waals surface area contributed by atoms with Crippen LogP contribution in [0.25, 0.3) is 0 Å². The highest BCUT2D eigenvalue weighted by atomic mass is 16.5. The van der Waals surface area contributed by atoms with Gasteiger partial charge in [-0.05, 0) is 24.8 Å². The molecule has 2 aliphatic rings. The first-order chi connectivity index (χ1) is 12.4. The van der Waals surface area contributed by atoms with Crippen molar-refractivity contribution in [3.8, 4) is 6.07 Å². The van der Waals surface area contributed by atoms with E-state index in [0.29, 0.717) is 38.5 Å². The van der Waals surface area contributed by atoms with E-state index in [1.165, 1.54) is 0 Å². The lowest BCUT2D eigenvalue weighted by atomic mass is 9.80. The molecule has 3 N–H and O–H groups in total. The second kappa shape index (κ2) is 7.46. The molecule has 0 saturated carbocycles. The van der Waals surface area contributed by atoms with Gasteiger partial charge in [0.2, 0.25) is 11.9 Å². The van der Waals surface area contributed by atoms with E-state index in [-0.39, 0.29) is 23.8 Å². The third kappa shape index (κ3) is 3.58. The Bertz CT molecular complexity index is 695. The minimum atomic E-state index is -0.980. The number of hydrogen-bond donors (Lipinski definition) is 2. The molecule has 0 bridgehead atoms. The summed E-state index contributed by atoms with van der Waals surface area (Å²) in [6.07, 6.45) is 2.53. The molecule has 3 heterocycles. The predicted octanol–water partition coefficient (Wildman–Crippen LogP) is 0.956. The third-order valence-corrected chi connectivity index (χ3v) is 5.52. The molecule has 3 rings (SSSR count). The van der Waals surface area contributed by atoms with E-state index in [0.717, 1.165) is 12.4 Å². The normalized spacial score (nSPS) is 25.1. The molecular formula is C18H26N6O2. The van der Waals surface area contributed by atoms with E-state index in [1.807, 2.05) is 6.07 Å². The van der Waals surface area contributed by atoms with E-state index in [1.54, 1.807) is 6.20 Å². The molecule has 26 heavy (non-hydrogen) atoms. The van der Waals surface area contributed by atoms with Crippen molar-refractivity contribution in [2.24, 2.45) is 17.3 Å². The average Bonchev–Trinajstić information content (AvgIpc) is 3.06. The van der Waals surface area contributed by atoms with Crippen LogP contribution in [0.3, 0.4) is 0 Å². The maximum Gasteiger partial charge on any atom is 0.240 e. The van der Waals surface area contributed by atoms with Gasteiger partial charge < -0.3 is 20.7 Å². The van der Waals surface area contributed by atoms with Crippen molar-refractivity contribution in [3.63, 3.8) is 0 Å². The zero-order valence-corrected chi connectivity index (χ0v) is 15.3. The number of nitriles is 1. The number of aromatic nitrogens is 2. The number of nitrogens with zero attached hydrogens (tertiary/aromatic N) is 4. The van der Waals surface area contributed by atoms with Crippen molar-refractivity contribution >= 4 is 17.7 Å². The van der Waals surface area contributed by atoms with Crippen molar-refractivity contribution in [3.05, 3.63) is 12.3 Å². The van der Waals surface area contributed by atoms with Gasteiger partial charge in [-0.25, -0.2) is 4.98 Å². The van der Waals surface area contributed by atoms with Crippen LogP contribution in [0.4, 0.5) is 11.8 Å². The number of nitrogen functional groups attached to an aromatic ring is 1. The molecule has 0 unspecified atom stereocenters. The van der Waals surface area contributed by atoms with Crippen LogP contribution in [0.2, 0.25) is 0 Å². The SMILES string of the molecule is CC(C)[C@@H]1CN(c2ccnc(N)n2)C[C@H]1NC(=O)C1(C#N)CCOCC1. The van der Waals surface area contributed by atoms with Gasteiger partial charge in [0.25, 0.3) is 0 Å². The molecule has 8 nitrogen and oxygen atoms in total. The van der Waals surface area contributed by atoms with Crippen molar-refractivity contribution < 1.29 is 9.53 Å². The lowest BCUT2D eigenvalue weighted by molar-refractivity contribution is -0.133.